The van der Waals surface area contributed by atoms with E-state index in [-0.39, 0.29) is 0 Å². The molecule has 1 N–H and O–H groups in total. The zero-order chi connectivity index (χ0) is 17.8. The van der Waals surface area contributed by atoms with E-state index in [0.29, 0.717) is 0 Å². The third kappa shape index (κ3) is 4.29. The van der Waals surface area contributed by atoms with Gasteiger partial charge in [-0.3, -0.25) is 4.99 Å². The largest absolute Gasteiger partial charge is 0.357 e. The summed E-state index contributed by atoms with van der Waals surface area (Å²) < 4.78 is 0. The van der Waals surface area contributed by atoms with Crippen LogP contribution in [0.2, 0.25) is 0 Å². The SMILES string of the molecule is CCNC(=NCC1CCN(C2CC2)C1)N1CC=C(c2ccccc2)CC1. The van der Waals surface area contributed by atoms with Crippen molar-refractivity contribution in [3.05, 3.63) is 42.0 Å². The molecule has 2 heterocycles. The lowest BCUT2D eigenvalue weighted by molar-refractivity contribution is 0.315. The van der Waals surface area contributed by atoms with Crippen LogP contribution in [-0.4, -0.2) is 61.1 Å². The van der Waals surface area contributed by atoms with Crippen LogP contribution in [-0.2, 0) is 0 Å². The summed E-state index contributed by atoms with van der Waals surface area (Å²) in [5.41, 5.74) is 2.83. The number of hydrogen-bond acceptors (Lipinski definition) is 2. The standard InChI is InChI=1S/C22H32N4/c1-2-23-22(24-16-18-10-13-26(17-18)21-8-9-21)25-14-11-20(12-15-25)19-6-4-3-5-7-19/h3-7,11,18,21H,2,8-10,12-17H2,1H3,(H,23,24). The van der Waals surface area contributed by atoms with Crippen LogP contribution in [0.5, 0.6) is 0 Å². The van der Waals surface area contributed by atoms with E-state index in [4.69, 9.17) is 4.99 Å². The molecule has 0 radical (unpaired) electrons. The molecule has 4 nitrogen and oxygen atoms in total. The van der Waals surface area contributed by atoms with E-state index < -0.39 is 0 Å². The highest BCUT2D eigenvalue weighted by Crippen LogP contribution is 2.31. The Kier molecular flexibility index (Phi) is 5.59. The lowest BCUT2D eigenvalue weighted by atomic mass is 10.00. The molecule has 140 valence electrons. The highest BCUT2D eigenvalue weighted by atomic mass is 15.3. The average Bonchev–Trinajstić information content (AvgIpc) is 3.44. The second kappa shape index (κ2) is 8.26. The molecule has 1 aliphatic carbocycles. The van der Waals surface area contributed by atoms with Gasteiger partial charge < -0.3 is 15.1 Å². The molecule has 0 amide bonds. The highest BCUT2D eigenvalue weighted by Gasteiger charge is 2.34. The van der Waals surface area contributed by atoms with Gasteiger partial charge >= 0.3 is 0 Å². The van der Waals surface area contributed by atoms with Crippen LogP contribution in [0, 0.1) is 5.92 Å². The maximum Gasteiger partial charge on any atom is 0.194 e. The van der Waals surface area contributed by atoms with E-state index >= 15 is 0 Å². The van der Waals surface area contributed by atoms with Gasteiger partial charge in [-0.15, -0.1) is 0 Å². The fourth-order valence-electron chi connectivity index (χ4n) is 4.20. The van der Waals surface area contributed by atoms with E-state index in [9.17, 15) is 0 Å². The molecule has 26 heavy (non-hydrogen) atoms. The molecule has 1 saturated carbocycles. The minimum atomic E-state index is 0.740. The first-order valence-corrected chi connectivity index (χ1v) is 10.3. The van der Waals surface area contributed by atoms with Gasteiger partial charge in [-0.2, -0.15) is 0 Å². The van der Waals surface area contributed by atoms with Crippen molar-refractivity contribution in [2.45, 2.75) is 38.6 Å². The molecule has 0 bridgehead atoms. The smallest absolute Gasteiger partial charge is 0.194 e. The lowest BCUT2D eigenvalue weighted by Gasteiger charge is -2.30. The van der Waals surface area contributed by atoms with Gasteiger partial charge in [0.1, 0.15) is 0 Å². The molecule has 0 aromatic heterocycles. The van der Waals surface area contributed by atoms with Crippen molar-refractivity contribution < 1.29 is 0 Å². The molecular weight excluding hydrogens is 320 g/mol. The number of rotatable bonds is 5. The summed E-state index contributed by atoms with van der Waals surface area (Å²) in [6.07, 6.45) is 7.62. The maximum absolute atomic E-state index is 5.01. The zero-order valence-electron chi connectivity index (χ0n) is 16.0. The van der Waals surface area contributed by atoms with E-state index in [0.717, 1.165) is 50.5 Å². The predicted octanol–water partition coefficient (Wildman–Crippen LogP) is 3.23. The minimum absolute atomic E-state index is 0.740. The molecule has 4 heteroatoms. The molecule has 2 fully saturated rings. The van der Waals surface area contributed by atoms with Gasteiger partial charge in [-0.25, -0.2) is 0 Å². The number of nitrogens with one attached hydrogen (secondary N) is 1. The first kappa shape index (κ1) is 17.6. The zero-order valence-corrected chi connectivity index (χ0v) is 16.0. The van der Waals surface area contributed by atoms with Crippen molar-refractivity contribution in [2.24, 2.45) is 10.9 Å². The van der Waals surface area contributed by atoms with Crippen LogP contribution < -0.4 is 5.32 Å². The molecular formula is C22H32N4. The van der Waals surface area contributed by atoms with Crippen LogP contribution in [0.1, 0.15) is 38.2 Å². The predicted molar refractivity (Wildman–Crippen MR) is 109 cm³/mol. The van der Waals surface area contributed by atoms with Crippen molar-refractivity contribution in [1.82, 2.24) is 15.1 Å². The number of nitrogens with zero attached hydrogens (tertiary/aromatic N) is 3. The molecule has 1 saturated heterocycles. The fourth-order valence-corrected chi connectivity index (χ4v) is 4.20. The molecule has 1 unspecified atom stereocenters. The van der Waals surface area contributed by atoms with Crippen LogP contribution >= 0.6 is 0 Å². The normalized spacial score (nSPS) is 24.7. The highest BCUT2D eigenvalue weighted by molar-refractivity contribution is 5.81. The van der Waals surface area contributed by atoms with Crippen molar-refractivity contribution in [3.63, 3.8) is 0 Å². The van der Waals surface area contributed by atoms with Crippen molar-refractivity contribution in [3.8, 4) is 0 Å². The molecule has 1 atom stereocenters. The van der Waals surface area contributed by atoms with Gasteiger partial charge in [-0.05, 0) is 56.2 Å². The van der Waals surface area contributed by atoms with Gasteiger partial charge in [-0.1, -0.05) is 36.4 Å². The number of benzene rings is 1. The molecule has 4 rings (SSSR count). The number of aliphatic imine (C=N–C) groups is 1. The van der Waals surface area contributed by atoms with Gasteiger partial charge in [0.2, 0.25) is 0 Å². The quantitative estimate of drug-likeness (QED) is 0.652. The summed E-state index contributed by atoms with van der Waals surface area (Å²) in [5.74, 6) is 1.84. The second-order valence-corrected chi connectivity index (χ2v) is 7.87. The van der Waals surface area contributed by atoms with Gasteiger partial charge in [0, 0.05) is 38.8 Å². The van der Waals surface area contributed by atoms with E-state index in [2.05, 4.69) is 58.4 Å². The van der Waals surface area contributed by atoms with Crippen LogP contribution in [0.15, 0.2) is 41.4 Å². The molecule has 2 aliphatic heterocycles. The Bertz CT molecular complexity index is 647. The van der Waals surface area contributed by atoms with Gasteiger partial charge in [0.15, 0.2) is 5.96 Å². The summed E-state index contributed by atoms with van der Waals surface area (Å²) >= 11 is 0. The first-order valence-electron chi connectivity index (χ1n) is 10.3. The monoisotopic (exact) mass is 352 g/mol. The van der Waals surface area contributed by atoms with Crippen molar-refractivity contribution in [2.75, 3.05) is 39.3 Å². The first-order chi connectivity index (χ1) is 12.8. The van der Waals surface area contributed by atoms with Gasteiger partial charge in [0.05, 0.1) is 0 Å². The summed E-state index contributed by atoms with van der Waals surface area (Å²) in [6.45, 7) is 8.61. The van der Waals surface area contributed by atoms with E-state index in [1.165, 1.54) is 43.5 Å². The molecule has 0 spiro atoms. The Morgan fingerprint density at radius 1 is 1.15 bits per heavy atom. The Morgan fingerprint density at radius 2 is 2.00 bits per heavy atom. The molecule has 3 aliphatic rings. The summed E-state index contributed by atoms with van der Waals surface area (Å²) in [7, 11) is 0. The summed E-state index contributed by atoms with van der Waals surface area (Å²) in [4.78, 5) is 10.1. The Morgan fingerprint density at radius 3 is 2.69 bits per heavy atom. The van der Waals surface area contributed by atoms with Gasteiger partial charge in [0.25, 0.3) is 0 Å². The van der Waals surface area contributed by atoms with Crippen LogP contribution in [0.4, 0.5) is 0 Å². The average molecular weight is 353 g/mol. The summed E-state index contributed by atoms with van der Waals surface area (Å²) in [5, 5.41) is 3.51. The Balaban J connectivity index is 1.35. The lowest BCUT2D eigenvalue weighted by Crippen LogP contribution is -2.43. The Hall–Kier alpha value is -1.81. The third-order valence-electron chi connectivity index (χ3n) is 5.87. The molecule has 1 aromatic carbocycles. The fraction of sp³-hybridized carbons (Fsp3) is 0.591. The third-order valence-corrected chi connectivity index (χ3v) is 5.87. The number of guanidine groups is 1. The summed E-state index contributed by atoms with van der Waals surface area (Å²) in [6, 6.07) is 11.7. The number of hydrogen-bond donors (Lipinski definition) is 1. The van der Waals surface area contributed by atoms with Crippen molar-refractivity contribution in [1.29, 1.82) is 0 Å². The van der Waals surface area contributed by atoms with E-state index in [1.807, 2.05) is 0 Å². The molecule has 1 aromatic rings. The maximum atomic E-state index is 5.01. The van der Waals surface area contributed by atoms with Crippen LogP contribution in [0.3, 0.4) is 0 Å². The minimum Gasteiger partial charge on any atom is -0.357 e. The van der Waals surface area contributed by atoms with Crippen molar-refractivity contribution >= 4 is 11.5 Å². The second-order valence-electron chi connectivity index (χ2n) is 7.87. The number of likely N-dealkylation sites (tertiary alicyclic amines) is 1. The Labute approximate surface area is 158 Å². The van der Waals surface area contributed by atoms with E-state index in [1.54, 1.807) is 0 Å². The van der Waals surface area contributed by atoms with Crippen LogP contribution in [0.25, 0.3) is 5.57 Å². The topological polar surface area (TPSA) is 30.9 Å².